The van der Waals surface area contributed by atoms with Crippen LogP contribution in [0.15, 0.2) is 41.2 Å². The number of rotatable bonds is 3. The van der Waals surface area contributed by atoms with Gasteiger partial charge in [0.25, 0.3) is 5.56 Å². The largest absolute Gasteiger partial charge is 0.325 e. The molecule has 1 aromatic heterocycles. The molecule has 4 nitrogen and oxygen atoms in total. The molecule has 0 unspecified atom stereocenters. The highest BCUT2D eigenvalue weighted by molar-refractivity contribution is 5.39. The van der Waals surface area contributed by atoms with Crippen molar-refractivity contribution in [1.29, 1.82) is 0 Å². The first-order valence-electron chi connectivity index (χ1n) is 6.11. The highest BCUT2D eigenvalue weighted by Crippen LogP contribution is 2.51. The van der Waals surface area contributed by atoms with E-state index in [9.17, 15) is 4.79 Å². The van der Waals surface area contributed by atoms with Crippen LogP contribution in [0.4, 0.5) is 0 Å². The Morgan fingerprint density at radius 1 is 1.28 bits per heavy atom. The van der Waals surface area contributed by atoms with E-state index in [1.807, 2.05) is 18.2 Å². The van der Waals surface area contributed by atoms with E-state index >= 15 is 0 Å². The van der Waals surface area contributed by atoms with E-state index in [2.05, 4.69) is 22.1 Å². The standard InChI is InChI=1S/C14H15N3O/c15-9-11-8-12(18)17-13(16-11)14(6-7-14)10-4-2-1-3-5-10/h1-5,8H,6-7,9,15H2,(H,16,17,18). The number of aromatic amines is 1. The first kappa shape index (κ1) is 11.2. The lowest BCUT2D eigenvalue weighted by atomic mass is 9.95. The van der Waals surface area contributed by atoms with Crippen LogP contribution in [0.3, 0.4) is 0 Å². The Bertz CT molecular complexity index is 614. The Hall–Kier alpha value is -1.94. The minimum absolute atomic E-state index is 0.106. The number of nitrogens with one attached hydrogen (secondary N) is 1. The Morgan fingerprint density at radius 2 is 2.00 bits per heavy atom. The van der Waals surface area contributed by atoms with Crippen LogP contribution in [-0.2, 0) is 12.0 Å². The smallest absolute Gasteiger partial charge is 0.251 e. The number of nitrogens with zero attached hydrogens (tertiary/aromatic N) is 1. The Labute approximate surface area is 105 Å². The van der Waals surface area contributed by atoms with Gasteiger partial charge in [0.2, 0.25) is 0 Å². The second-order valence-corrected chi connectivity index (χ2v) is 4.74. The fourth-order valence-electron chi connectivity index (χ4n) is 2.38. The fourth-order valence-corrected chi connectivity index (χ4v) is 2.38. The van der Waals surface area contributed by atoms with Crippen molar-refractivity contribution in [2.45, 2.75) is 24.8 Å². The maximum Gasteiger partial charge on any atom is 0.251 e. The van der Waals surface area contributed by atoms with Gasteiger partial charge in [-0.2, -0.15) is 0 Å². The summed E-state index contributed by atoms with van der Waals surface area (Å²) in [6, 6.07) is 11.7. The Morgan fingerprint density at radius 3 is 2.61 bits per heavy atom. The van der Waals surface area contributed by atoms with Gasteiger partial charge in [0.1, 0.15) is 5.82 Å². The minimum atomic E-state index is -0.123. The van der Waals surface area contributed by atoms with Gasteiger partial charge >= 0.3 is 0 Å². The van der Waals surface area contributed by atoms with Gasteiger partial charge in [0.15, 0.2) is 0 Å². The number of hydrogen-bond acceptors (Lipinski definition) is 3. The van der Waals surface area contributed by atoms with Crippen molar-refractivity contribution >= 4 is 0 Å². The van der Waals surface area contributed by atoms with Crippen LogP contribution in [0.1, 0.15) is 29.9 Å². The lowest BCUT2D eigenvalue weighted by molar-refractivity contribution is 0.730. The summed E-state index contributed by atoms with van der Waals surface area (Å²) in [5.41, 5.74) is 7.21. The maximum atomic E-state index is 11.6. The lowest BCUT2D eigenvalue weighted by Crippen LogP contribution is -2.21. The van der Waals surface area contributed by atoms with Crippen LogP contribution < -0.4 is 11.3 Å². The molecule has 0 saturated heterocycles. The predicted octanol–water partition coefficient (Wildman–Crippen LogP) is 1.31. The fraction of sp³-hybridized carbons (Fsp3) is 0.286. The average molecular weight is 241 g/mol. The SMILES string of the molecule is NCc1cc(=O)[nH]c(C2(c3ccccc3)CC2)n1. The number of nitrogens with two attached hydrogens (primary N) is 1. The van der Waals surface area contributed by atoms with Gasteiger partial charge in [-0.05, 0) is 18.4 Å². The molecular weight excluding hydrogens is 226 g/mol. The zero-order valence-electron chi connectivity index (χ0n) is 10.0. The molecule has 0 radical (unpaired) electrons. The molecule has 1 fully saturated rings. The van der Waals surface area contributed by atoms with Crippen LogP contribution in [0.25, 0.3) is 0 Å². The molecule has 18 heavy (non-hydrogen) atoms. The summed E-state index contributed by atoms with van der Waals surface area (Å²) in [6.45, 7) is 0.293. The molecule has 4 heteroatoms. The quantitative estimate of drug-likeness (QED) is 0.851. The zero-order valence-corrected chi connectivity index (χ0v) is 10.0. The molecule has 1 heterocycles. The van der Waals surface area contributed by atoms with E-state index < -0.39 is 0 Å². The predicted molar refractivity (Wildman–Crippen MR) is 69.2 cm³/mol. The van der Waals surface area contributed by atoms with Crippen LogP contribution in [0, 0.1) is 0 Å². The third kappa shape index (κ3) is 1.75. The van der Waals surface area contributed by atoms with E-state index in [4.69, 9.17) is 5.73 Å². The summed E-state index contributed by atoms with van der Waals surface area (Å²) < 4.78 is 0. The molecule has 1 aliphatic rings. The van der Waals surface area contributed by atoms with Gasteiger partial charge in [-0.25, -0.2) is 4.98 Å². The van der Waals surface area contributed by atoms with E-state index in [-0.39, 0.29) is 11.0 Å². The van der Waals surface area contributed by atoms with Crippen LogP contribution in [-0.4, -0.2) is 9.97 Å². The summed E-state index contributed by atoms with van der Waals surface area (Å²) >= 11 is 0. The van der Waals surface area contributed by atoms with Crippen LogP contribution in [0.2, 0.25) is 0 Å². The minimum Gasteiger partial charge on any atom is -0.325 e. The Kier molecular flexibility index (Phi) is 2.52. The molecule has 92 valence electrons. The number of aromatic nitrogens is 2. The normalized spacial score (nSPS) is 16.5. The lowest BCUT2D eigenvalue weighted by Gasteiger charge is -2.15. The summed E-state index contributed by atoms with van der Waals surface area (Å²) in [5.74, 6) is 0.752. The molecular formula is C14H15N3O. The zero-order chi connectivity index (χ0) is 12.6. The summed E-state index contributed by atoms with van der Waals surface area (Å²) in [4.78, 5) is 19.0. The van der Waals surface area contributed by atoms with Gasteiger partial charge < -0.3 is 10.7 Å². The van der Waals surface area contributed by atoms with E-state index in [0.717, 1.165) is 18.7 Å². The number of H-pyrrole nitrogens is 1. The van der Waals surface area contributed by atoms with Crippen LogP contribution in [0.5, 0.6) is 0 Å². The second-order valence-electron chi connectivity index (χ2n) is 4.74. The van der Waals surface area contributed by atoms with Crippen molar-refractivity contribution in [2.24, 2.45) is 5.73 Å². The monoisotopic (exact) mass is 241 g/mol. The van der Waals surface area contributed by atoms with Crippen molar-refractivity contribution in [1.82, 2.24) is 9.97 Å². The van der Waals surface area contributed by atoms with E-state index in [0.29, 0.717) is 12.2 Å². The molecule has 2 aromatic rings. The summed E-state index contributed by atoms with van der Waals surface area (Å²) in [5, 5.41) is 0. The highest BCUT2D eigenvalue weighted by Gasteiger charge is 2.48. The topological polar surface area (TPSA) is 71.8 Å². The summed E-state index contributed by atoms with van der Waals surface area (Å²) in [7, 11) is 0. The number of benzene rings is 1. The first-order valence-corrected chi connectivity index (χ1v) is 6.11. The van der Waals surface area contributed by atoms with Crippen LogP contribution >= 0.6 is 0 Å². The molecule has 0 spiro atoms. The first-order chi connectivity index (χ1) is 8.74. The molecule has 3 N–H and O–H groups in total. The van der Waals surface area contributed by atoms with Crippen molar-refractivity contribution in [3.05, 3.63) is 63.8 Å². The molecule has 1 aromatic carbocycles. The van der Waals surface area contributed by atoms with Crippen molar-refractivity contribution in [3.8, 4) is 0 Å². The molecule has 0 bridgehead atoms. The van der Waals surface area contributed by atoms with E-state index in [1.54, 1.807) is 0 Å². The molecule has 1 saturated carbocycles. The van der Waals surface area contributed by atoms with Gasteiger partial charge in [-0.3, -0.25) is 4.79 Å². The molecule has 0 aliphatic heterocycles. The highest BCUT2D eigenvalue weighted by atomic mass is 16.1. The van der Waals surface area contributed by atoms with Gasteiger partial charge in [-0.1, -0.05) is 30.3 Å². The molecule has 0 amide bonds. The van der Waals surface area contributed by atoms with E-state index in [1.165, 1.54) is 11.6 Å². The average Bonchev–Trinajstić information content (AvgIpc) is 3.20. The molecule has 0 atom stereocenters. The third-order valence-corrected chi connectivity index (χ3v) is 3.53. The van der Waals surface area contributed by atoms with Crippen molar-refractivity contribution in [2.75, 3.05) is 0 Å². The Balaban J connectivity index is 2.10. The molecule has 3 rings (SSSR count). The second kappa shape index (κ2) is 4.07. The van der Waals surface area contributed by atoms with Gasteiger partial charge in [0.05, 0.1) is 11.1 Å². The van der Waals surface area contributed by atoms with Gasteiger partial charge in [-0.15, -0.1) is 0 Å². The van der Waals surface area contributed by atoms with Crippen molar-refractivity contribution < 1.29 is 0 Å². The van der Waals surface area contributed by atoms with Crippen molar-refractivity contribution in [3.63, 3.8) is 0 Å². The van der Waals surface area contributed by atoms with Gasteiger partial charge in [0, 0.05) is 12.6 Å². The number of hydrogen-bond donors (Lipinski definition) is 2. The molecule has 1 aliphatic carbocycles. The third-order valence-electron chi connectivity index (χ3n) is 3.53. The maximum absolute atomic E-state index is 11.6. The summed E-state index contributed by atoms with van der Waals surface area (Å²) in [6.07, 6.45) is 2.04.